The minimum absolute atomic E-state index is 0.0338. The predicted octanol–water partition coefficient (Wildman–Crippen LogP) is 2.70. The van der Waals surface area contributed by atoms with Crippen LogP contribution in [0.15, 0.2) is 48.5 Å². The number of nitrogens with two attached hydrogens (primary N) is 1. The van der Waals surface area contributed by atoms with Crippen LogP contribution in [0.3, 0.4) is 0 Å². The fourth-order valence-electron chi connectivity index (χ4n) is 2.08. The summed E-state index contributed by atoms with van der Waals surface area (Å²) in [4.78, 5) is 23.5. The second-order valence-corrected chi connectivity index (χ2v) is 5.26. The molecule has 0 aromatic heterocycles. The van der Waals surface area contributed by atoms with Gasteiger partial charge in [0.15, 0.2) is 6.73 Å². The van der Waals surface area contributed by atoms with Crippen LogP contribution in [0, 0.1) is 0 Å². The van der Waals surface area contributed by atoms with Gasteiger partial charge in [-0.2, -0.15) is 0 Å². The smallest absolute Gasteiger partial charge is 0.324 e. The van der Waals surface area contributed by atoms with Crippen LogP contribution in [0.1, 0.15) is 29.3 Å². The molecule has 0 aliphatic heterocycles. The van der Waals surface area contributed by atoms with Crippen molar-refractivity contribution in [1.82, 2.24) is 10.6 Å². The zero-order valence-corrected chi connectivity index (χ0v) is 13.5. The summed E-state index contributed by atoms with van der Waals surface area (Å²) in [5.74, 6) is 0.149. The summed E-state index contributed by atoms with van der Waals surface area (Å²) in [6, 6.07) is 13.3. The number of aryl methyl sites for hydroxylation is 1. The van der Waals surface area contributed by atoms with Crippen molar-refractivity contribution in [1.29, 1.82) is 0 Å². The van der Waals surface area contributed by atoms with Crippen molar-refractivity contribution in [3.8, 4) is 5.75 Å². The fourth-order valence-corrected chi connectivity index (χ4v) is 2.08. The number of nitrogen functional groups attached to an aromatic ring is 1. The first-order chi connectivity index (χ1) is 11.6. The van der Waals surface area contributed by atoms with Crippen LogP contribution >= 0.6 is 0 Å². The van der Waals surface area contributed by atoms with Crippen molar-refractivity contribution in [2.75, 3.05) is 12.5 Å². The molecule has 0 aliphatic rings. The first-order valence-corrected chi connectivity index (χ1v) is 7.75. The molecule has 0 saturated carbocycles. The van der Waals surface area contributed by atoms with Crippen LogP contribution in [0.4, 0.5) is 10.5 Å². The molecule has 0 aliphatic carbocycles. The Hall–Kier alpha value is -3.02. The molecule has 0 unspecified atom stereocenters. The van der Waals surface area contributed by atoms with Gasteiger partial charge in [0.05, 0.1) is 0 Å². The topological polar surface area (TPSA) is 93.5 Å². The van der Waals surface area contributed by atoms with E-state index in [-0.39, 0.29) is 6.73 Å². The minimum atomic E-state index is -0.626. The lowest BCUT2D eigenvalue weighted by Crippen LogP contribution is -2.41. The van der Waals surface area contributed by atoms with E-state index in [0.29, 0.717) is 17.0 Å². The molecular weight excluding hydrogens is 306 g/mol. The second kappa shape index (κ2) is 8.57. The van der Waals surface area contributed by atoms with Crippen LogP contribution in [0.5, 0.6) is 5.75 Å². The van der Waals surface area contributed by atoms with Gasteiger partial charge in [0.25, 0.3) is 5.91 Å². The van der Waals surface area contributed by atoms with Gasteiger partial charge in [0.2, 0.25) is 0 Å². The summed E-state index contributed by atoms with van der Waals surface area (Å²) in [7, 11) is 0. The van der Waals surface area contributed by atoms with Crippen LogP contribution in [-0.4, -0.2) is 18.7 Å². The lowest BCUT2D eigenvalue weighted by Gasteiger charge is -2.09. The van der Waals surface area contributed by atoms with E-state index in [2.05, 4.69) is 17.6 Å². The van der Waals surface area contributed by atoms with Gasteiger partial charge in [0.1, 0.15) is 5.75 Å². The summed E-state index contributed by atoms with van der Waals surface area (Å²) >= 11 is 0. The number of benzene rings is 2. The molecule has 3 amide bonds. The summed E-state index contributed by atoms with van der Waals surface area (Å²) in [6.07, 6.45) is 2.11. The van der Waals surface area contributed by atoms with Crippen molar-refractivity contribution < 1.29 is 14.3 Å². The summed E-state index contributed by atoms with van der Waals surface area (Å²) < 4.78 is 5.41. The highest BCUT2D eigenvalue weighted by Gasteiger charge is 2.09. The molecule has 0 spiro atoms. The Morgan fingerprint density at radius 1 is 1.04 bits per heavy atom. The number of rotatable bonds is 6. The Morgan fingerprint density at radius 2 is 1.71 bits per heavy atom. The van der Waals surface area contributed by atoms with E-state index in [0.717, 1.165) is 12.8 Å². The van der Waals surface area contributed by atoms with Gasteiger partial charge >= 0.3 is 6.03 Å². The van der Waals surface area contributed by atoms with Gasteiger partial charge in [0, 0.05) is 11.3 Å². The van der Waals surface area contributed by atoms with E-state index in [4.69, 9.17) is 10.5 Å². The molecule has 6 nitrogen and oxygen atoms in total. The number of carbonyl (C=O) groups excluding carboxylic acids is 2. The van der Waals surface area contributed by atoms with Gasteiger partial charge < -0.3 is 15.8 Å². The minimum Gasteiger partial charge on any atom is -0.473 e. The number of nitrogens with one attached hydrogen (secondary N) is 2. The third-order valence-corrected chi connectivity index (χ3v) is 3.33. The van der Waals surface area contributed by atoms with E-state index in [9.17, 15) is 9.59 Å². The van der Waals surface area contributed by atoms with Crippen molar-refractivity contribution in [3.63, 3.8) is 0 Å². The molecule has 0 fully saturated rings. The first-order valence-electron chi connectivity index (χ1n) is 7.75. The van der Waals surface area contributed by atoms with Crippen molar-refractivity contribution in [2.24, 2.45) is 0 Å². The van der Waals surface area contributed by atoms with Gasteiger partial charge in [-0.1, -0.05) is 25.5 Å². The van der Waals surface area contributed by atoms with Crippen LogP contribution in [0.25, 0.3) is 0 Å². The number of anilines is 1. The Bertz CT molecular complexity index is 682. The Morgan fingerprint density at radius 3 is 2.33 bits per heavy atom. The fraction of sp³-hybridized carbons (Fsp3) is 0.222. The normalized spacial score (nSPS) is 10.0. The third kappa shape index (κ3) is 5.31. The molecular formula is C18H21N3O3. The molecule has 2 rings (SSSR count). The van der Waals surface area contributed by atoms with E-state index in [1.165, 1.54) is 5.56 Å². The maximum absolute atomic E-state index is 11.8. The third-order valence-electron chi connectivity index (χ3n) is 3.33. The molecule has 0 atom stereocenters. The highest BCUT2D eigenvalue weighted by atomic mass is 16.5. The summed E-state index contributed by atoms with van der Waals surface area (Å²) in [6.45, 7) is 2.09. The molecule has 4 N–H and O–H groups in total. The quantitative estimate of drug-likeness (QED) is 0.562. The summed E-state index contributed by atoms with van der Waals surface area (Å²) in [5, 5.41) is 4.68. The van der Waals surface area contributed by atoms with E-state index in [1.807, 2.05) is 24.3 Å². The first kappa shape index (κ1) is 17.3. The number of hydrogen-bond acceptors (Lipinski definition) is 4. The molecule has 0 heterocycles. The highest BCUT2D eigenvalue weighted by molar-refractivity contribution is 6.04. The maximum atomic E-state index is 11.8. The van der Waals surface area contributed by atoms with E-state index < -0.39 is 11.9 Å². The lowest BCUT2D eigenvalue weighted by atomic mass is 10.1. The number of imide groups is 1. The highest BCUT2D eigenvalue weighted by Crippen LogP contribution is 2.12. The van der Waals surface area contributed by atoms with Crippen LogP contribution in [0.2, 0.25) is 0 Å². The van der Waals surface area contributed by atoms with Crippen LogP contribution < -0.4 is 21.1 Å². The van der Waals surface area contributed by atoms with Gasteiger partial charge in [-0.15, -0.1) is 0 Å². The monoisotopic (exact) mass is 327 g/mol. The zero-order valence-electron chi connectivity index (χ0n) is 13.5. The maximum Gasteiger partial charge on any atom is 0.324 e. The van der Waals surface area contributed by atoms with Gasteiger partial charge in [-0.25, -0.2) is 4.79 Å². The molecule has 0 radical (unpaired) electrons. The average Bonchev–Trinajstić information content (AvgIpc) is 2.57. The van der Waals surface area contributed by atoms with Crippen molar-refractivity contribution in [3.05, 3.63) is 59.7 Å². The molecule has 2 aromatic rings. The standard InChI is InChI=1S/C18H21N3O3/c1-2-3-13-4-10-16(11-5-13)24-12-20-18(23)21-17(22)14-6-8-15(19)9-7-14/h4-11H,2-3,12,19H2,1H3,(H2,20,21,22,23). The summed E-state index contributed by atoms with van der Waals surface area (Å²) in [5.41, 5.74) is 7.69. The number of hydrogen-bond donors (Lipinski definition) is 3. The van der Waals surface area contributed by atoms with Crippen molar-refractivity contribution in [2.45, 2.75) is 19.8 Å². The zero-order chi connectivity index (χ0) is 17.4. The molecule has 0 bridgehead atoms. The Balaban J connectivity index is 1.74. The van der Waals surface area contributed by atoms with Gasteiger partial charge in [-0.3, -0.25) is 10.1 Å². The lowest BCUT2D eigenvalue weighted by molar-refractivity contribution is 0.0962. The molecule has 0 saturated heterocycles. The number of carbonyl (C=O) groups is 2. The van der Waals surface area contributed by atoms with E-state index >= 15 is 0 Å². The van der Waals surface area contributed by atoms with Crippen molar-refractivity contribution >= 4 is 17.6 Å². The molecule has 6 heteroatoms. The SMILES string of the molecule is CCCc1ccc(OCNC(=O)NC(=O)c2ccc(N)cc2)cc1. The average molecular weight is 327 g/mol. The largest absolute Gasteiger partial charge is 0.473 e. The van der Waals surface area contributed by atoms with Crippen LogP contribution in [-0.2, 0) is 6.42 Å². The predicted molar refractivity (Wildman–Crippen MR) is 92.8 cm³/mol. The van der Waals surface area contributed by atoms with E-state index in [1.54, 1.807) is 24.3 Å². The number of urea groups is 1. The Kier molecular flexibility index (Phi) is 6.19. The molecule has 24 heavy (non-hydrogen) atoms. The molecule has 126 valence electrons. The Labute approximate surface area is 141 Å². The number of ether oxygens (including phenoxy) is 1. The second-order valence-electron chi connectivity index (χ2n) is 5.26. The van der Waals surface area contributed by atoms with Gasteiger partial charge in [-0.05, 0) is 48.4 Å². The molecule has 2 aromatic carbocycles. The number of amides is 3.